The molecule has 2 aromatic rings. The molecule has 1 saturated heterocycles. The summed E-state index contributed by atoms with van der Waals surface area (Å²) in [4.78, 5) is 17.4. The molecule has 30 heavy (non-hydrogen) atoms. The number of hydrogen-bond acceptors (Lipinski definition) is 4. The minimum Gasteiger partial charge on any atom is -0.378 e. The van der Waals surface area contributed by atoms with Crippen LogP contribution in [-0.4, -0.2) is 58.3 Å². The van der Waals surface area contributed by atoms with Crippen molar-refractivity contribution in [3.63, 3.8) is 0 Å². The first-order valence-electron chi connectivity index (χ1n) is 10.9. The van der Waals surface area contributed by atoms with E-state index in [0.29, 0.717) is 23.6 Å². The summed E-state index contributed by atoms with van der Waals surface area (Å²) >= 11 is 0. The molecule has 2 aromatic carbocycles. The number of carbonyl (C=O) groups is 1. The molecule has 1 amide bonds. The second kappa shape index (κ2) is 9.73. The maximum Gasteiger partial charge on any atom is 0.263 e. The van der Waals surface area contributed by atoms with Gasteiger partial charge in [0.15, 0.2) is 5.60 Å². The third-order valence-electron chi connectivity index (χ3n) is 6.00. The molecule has 2 atom stereocenters. The van der Waals surface area contributed by atoms with Crippen LogP contribution in [0.2, 0.25) is 0 Å². The molecule has 2 unspecified atom stereocenters. The second-order valence-corrected chi connectivity index (χ2v) is 8.77. The molecule has 0 aromatic heterocycles. The number of aliphatic hydroxyl groups excluding tert-OH is 1. The molecule has 0 saturated carbocycles. The third kappa shape index (κ3) is 4.75. The van der Waals surface area contributed by atoms with Crippen LogP contribution in [0.25, 0.3) is 0 Å². The van der Waals surface area contributed by atoms with Gasteiger partial charge in [0, 0.05) is 26.2 Å². The highest BCUT2D eigenvalue weighted by Gasteiger charge is 2.42. The predicted molar refractivity (Wildman–Crippen MR) is 119 cm³/mol. The van der Waals surface area contributed by atoms with Crippen LogP contribution in [0.3, 0.4) is 0 Å². The van der Waals surface area contributed by atoms with Gasteiger partial charge in [0.2, 0.25) is 0 Å². The van der Waals surface area contributed by atoms with E-state index in [1.54, 1.807) is 36.2 Å². The average molecular weight is 411 g/mol. The lowest BCUT2D eigenvalue weighted by atomic mass is 9.85. The number of likely N-dealkylation sites (N-methyl/N-ethyl adjacent to an activating group) is 1. The topological polar surface area (TPSA) is 64.0 Å². The van der Waals surface area contributed by atoms with Crippen molar-refractivity contribution in [2.75, 3.05) is 20.1 Å². The van der Waals surface area contributed by atoms with Crippen molar-refractivity contribution < 1.29 is 15.0 Å². The van der Waals surface area contributed by atoms with Gasteiger partial charge in [-0.1, -0.05) is 74.5 Å². The van der Waals surface area contributed by atoms with Crippen molar-refractivity contribution in [1.29, 1.82) is 0 Å². The van der Waals surface area contributed by atoms with Crippen LogP contribution < -0.4 is 0 Å². The summed E-state index contributed by atoms with van der Waals surface area (Å²) in [5.41, 5.74) is -0.659. The van der Waals surface area contributed by atoms with Gasteiger partial charge in [0.1, 0.15) is 6.23 Å². The van der Waals surface area contributed by atoms with Crippen LogP contribution in [0.15, 0.2) is 60.7 Å². The molecule has 1 heterocycles. The maximum absolute atomic E-state index is 13.7. The SMILES string of the molecule is CC(C)CC(CN(C)C(=O)C(O)(c1ccccc1)c1ccccc1)N1CCCC1O. The van der Waals surface area contributed by atoms with Crippen molar-refractivity contribution in [1.82, 2.24) is 9.80 Å². The molecular formula is C25H34N2O3. The van der Waals surface area contributed by atoms with Crippen molar-refractivity contribution in [2.24, 2.45) is 5.92 Å². The van der Waals surface area contributed by atoms with Gasteiger partial charge in [-0.15, -0.1) is 0 Å². The summed E-state index contributed by atoms with van der Waals surface area (Å²) in [7, 11) is 1.75. The average Bonchev–Trinajstić information content (AvgIpc) is 3.19. The Morgan fingerprint density at radius 3 is 2.07 bits per heavy atom. The van der Waals surface area contributed by atoms with E-state index in [1.165, 1.54) is 0 Å². The highest BCUT2D eigenvalue weighted by molar-refractivity contribution is 5.90. The summed E-state index contributed by atoms with van der Waals surface area (Å²) in [6, 6.07) is 18.3. The first-order valence-corrected chi connectivity index (χ1v) is 10.9. The Labute approximate surface area is 179 Å². The fraction of sp³-hybridized carbons (Fsp3) is 0.480. The van der Waals surface area contributed by atoms with E-state index in [1.807, 2.05) is 36.4 Å². The summed E-state index contributed by atoms with van der Waals surface area (Å²) < 4.78 is 0. The Bertz CT molecular complexity index is 770. The fourth-order valence-electron chi connectivity index (χ4n) is 4.50. The lowest BCUT2D eigenvalue weighted by molar-refractivity contribution is -0.148. The first kappa shape index (κ1) is 22.5. The zero-order valence-electron chi connectivity index (χ0n) is 18.2. The van der Waals surface area contributed by atoms with Crippen LogP contribution in [0.5, 0.6) is 0 Å². The Kier molecular flexibility index (Phi) is 7.29. The zero-order chi connectivity index (χ0) is 21.7. The molecular weight excluding hydrogens is 376 g/mol. The molecule has 2 N–H and O–H groups in total. The number of hydrogen-bond donors (Lipinski definition) is 2. The second-order valence-electron chi connectivity index (χ2n) is 8.77. The van der Waals surface area contributed by atoms with E-state index in [4.69, 9.17) is 0 Å². The maximum atomic E-state index is 13.7. The lowest BCUT2D eigenvalue weighted by Crippen LogP contribution is -2.52. The molecule has 0 aliphatic carbocycles. The quantitative estimate of drug-likeness (QED) is 0.701. The molecule has 0 radical (unpaired) electrons. The van der Waals surface area contributed by atoms with Gasteiger partial charge in [0.25, 0.3) is 5.91 Å². The van der Waals surface area contributed by atoms with Crippen molar-refractivity contribution >= 4 is 5.91 Å². The Balaban J connectivity index is 1.90. The van der Waals surface area contributed by atoms with Crippen LogP contribution >= 0.6 is 0 Å². The third-order valence-corrected chi connectivity index (χ3v) is 6.00. The number of amides is 1. The number of likely N-dealkylation sites (tertiary alicyclic amines) is 1. The fourth-order valence-corrected chi connectivity index (χ4v) is 4.50. The Hall–Kier alpha value is -2.21. The van der Waals surface area contributed by atoms with Gasteiger partial charge >= 0.3 is 0 Å². The molecule has 3 rings (SSSR count). The van der Waals surface area contributed by atoms with Crippen molar-refractivity contribution in [3.8, 4) is 0 Å². The molecule has 0 bridgehead atoms. The standard InChI is InChI=1S/C25H34N2O3/c1-19(2)17-22(27-16-10-15-23(27)28)18-26(3)24(29)25(30,20-11-6-4-7-12-20)21-13-8-5-9-14-21/h4-9,11-14,19,22-23,28,30H,10,15-18H2,1-3H3. The number of rotatable bonds is 8. The molecule has 1 aliphatic rings. The number of aliphatic hydroxyl groups is 2. The molecule has 1 fully saturated rings. The normalized spacial score (nSPS) is 18.5. The smallest absolute Gasteiger partial charge is 0.263 e. The van der Waals surface area contributed by atoms with Crippen LogP contribution in [0, 0.1) is 5.92 Å². The largest absolute Gasteiger partial charge is 0.378 e. The highest BCUT2D eigenvalue weighted by Crippen LogP contribution is 2.32. The van der Waals surface area contributed by atoms with Crippen molar-refractivity contribution in [3.05, 3.63) is 71.8 Å². The van der Waals surface area contributed by atoms with E-state index < -0.39 is 11.8 Å². The van der Waals surface area contributed by atoms with E-state index in [0.717, 1.165) is 25.8 Å². The Morgan fingerprint density at radius 2 is 1.63 bits per heavy atom. The number of carbonyl (C=O) groups excluding carboxylic acids is 1. The van der Waals surface area contributed by atoms with E-state index >= 15 is 0 Å². The van der Waals surface area contributed by atoms with Crippen LogP contribution in [0.4, 0.5) is 0 Å². The van der Waals surface area contributed by atoms with Gasteiger partial charge in [-0.25, -0.2) is 0 Å². The summed E-state index contributed by atoms with van der Waals surface area (Å²) in [5.74, 6) is 0.0794. The number of nitrogens with zero attached hydrogens (tertiary/aromatic N) is 2. The van der Waals surface area contributed by atoms with E-state index in [-0.39, 0.29) is 11.9 Å². The van der Waals surface area contributed by atoms with Gasteiger partial charge in [-0.05, 0) is 36.3 Å². The summed E-state index contributed by atoms with van der Waals surface area (Å²) in [6.45, 7) is 5.60. The van der Waals surface area contributed by atoms with Gasteiger partial charge in [-0.3, -0.25) is 9.69 Å². The van der Waals surface area contributed by atoms with Crippen LogP contribution in [0.1, 0.15) is 44.2 Å². The first-order chi connectivity index (χ1) is 14.3. The minimum absolute atomic E-state index is 0.0484. The van der Waals surface area contributed by atoms with Gasteiger partial charge < -0.3 is 15.1 Å². The summed E-state index contributed by atoms with van der Waals surface area (Å²) in [6.07, 6.45) is 2.15. The molecule has 0 spiro atoms. The van der Waals surface area contributed by atoms with Crippen molar-refractivity contribution in [2.45, 2.75) is 51.0 Å². The molecule has 5 heteroatoms. The predicted octanol–water partition coefficient (Wildman–Crippen LogP) is 3.21. The summed E-state index contributed by atoms with van der Waals surface area (Å²) in [5, 5.41) is 22.2. The number of benzene rings is 2. The monoisotopic (exact) mass is 410 g/mol. The molecule has 162 valence electrons. The molecule has 1 aliphatic heterocycles. The lowest BCUT2D eigenvalue weighted by Gasteiger charge is -2.37. The van der Waals surface area contributed by atoms with E-state index in [2.05, 4.69) is 18.7 Å². The zero-order valence-corrected chi connectivity index (χ0v) is 18.2. The van der Waals surface area contributed by atoms with Gasteiger partial charge in [0.05, 0.1) is 0 Å². The van der Waals surface area contributed by atoms with Crippen LogP contribution in [-0.2, 0) is 10.4 Å². The van der Waals surface area contributed by atoms with Gasteiger partial charge in [-0.2, -0.15) is 0 Å². The van der Waals surface area contributed by atoms with E-state index in [9.17, 15) is 15.0 Å². The Morgan fingerprint density at radius 1 is 1.10 bits per heavy atom. The minimum atomic E-state index is -1.76. The molecule has 5 nitrogen and oxygen atoms in total. The highest BCUT2D eigenvalue weighted by atomic mass is 16.3.